The van der Waals surface area contributed by atoms with Gasteiger partial charge in [-0.15, -0.1) is 11.3 Å². The van der Waals surface area contributed by atoms with Gasteiger partial charge in [0.1, 0.15) is 0 Å². The van der Waals surface area contributed by atoms with Gasteiger partial charge in [0.05, 0.1) is 12.2 Å². The zero-order valence-corrected chi connectivity index (χ0v) is 37.5. The number of aliphatic imine (C=N–C) groups is 2. The van der Waals surface area contributed by atoms with E-state index in [1.54, 1.807) is 16.0 Å². The number of thiophene rings is 1. The summed E-state index contributed by atoms with van der Waals surface area (Å²) in [6.45, 7) is 2.50. The number of hydrogen-bond donors (Lipinski definition) is 0. The SMILES string of the molecule is CC1CC2C(C3=CCCC=C3N2C2C=CC=CC2)c2c1sc1ccc(C3=C(C4=NC(C5C=CC=CC5)=NC(C5=CCCCC5)[N-]4)C=C(C4C=CCCC4c4ccccc4)CC3)cc21. The lowest BCUT2D eigenvalue weighted by molar-refractivity contribution is 0.211. The molecule has 8 atom stereocenters. The van der Waals surface area contributed by atoms with Gasteiger partial charge < -0.3 is 15.2 Å². The zero-order valence-electron chi connectivity index (χ0n) is 36.7. The van der Waals surface area contributed by atoms with Gasteiger partial charge in [0.15, 0.2) is 0 Å². The molecule has 0 saturated carbocycles. The van der Waals surface area contributed by atoms with Crippen LogP contribution in [0.5, 0.6) is 0 Å². The van der Waals surface area contributed by atoms with Gasteiger partial charge in [0.25, 0.3) is 0 Å². The number of rotatable bonds is 7. The lowest BCUT2D eigenvalue weighted by Gasteiger charge is -2.40. The summed E-state index contributed by atoms with van der Waals surface area (Å²) < 4.78 is 1.43. The standard InChI is InChI=1S/C58H59N4S/c1-37-34-51-53(47-28-16-17-29-50(47)62(51)43-24-12-5-13-25-43)54-49-36-42(31-33-52(49)63-55(37)54)46-32-30-41(45-27-15-14-26-44(45)38-18-6-2-7-19-38)35-48(46)58-60-56(39-20-8-3-9-21-39)59-57(61-58)40-22-10-4-11-23-40/h2-3,5-9,12-13,15,18-20,22,24,27-29,31,33,35-37,39,43-45,51,53,57H,4,10-11,14,16-17,21,23,25-26,30,32,34H2,1H3/q-1. The molecular formula is C58H59N4S-. The average molecular weight is 844 g/mol. The van der Waals surface area contributed by atoms with Gasteiger partial charge in [-0.05, 0) is 146 Å². The third-order valence-electron chi connectivity index (χ3n) is 15.6. The third kappa shape index (κ3) is 7.10. The Bertz CT molecular complexity index is 2700. The fourth-order valence-electron chi connectivity index (χ4n) is 12.6. The summed E-state index contributed by atoms with van der Waals surface area (Å²) >= 11 is 2.06. The van der Waals surface area contributed by atoms with Crippen LogP contribution in [-0.4, -0.2) is 34.8 Å². The smallest absolute Gasteiger partial charge is 0.0777 e. The first-order valence-electron chi connectivity index (χ1n) is 24.3. The summed E-state index contributed by atoms with van der Waals surface area (Å²) in [5.41, 5.74) is 13.0. The zero-order chi connectivity index (χ0) is 41.9. The third-order valence-corrected chi connectivity index (χ3v) is 17.0. The highest BCUT2D eigenvalue weighted by Gasteiger charge is 2.49. The molecule has 3 aromatic rings. The van der Waals surface area contributed by atoms with Crippen LogP contribution in [0.1, 0.15) is 130 Å². The van der Waals surface area contributed by atoms with Crippen molar-refractivity contribution in [1.82, 2.24) is 4.90 Å². The van der Waals surface area contributed by atoms with E-state index < -0.39 is 0 Å². The van der Waals surface area contributed by atoms with Crippen LogP contribution in [0.15, 0.2) is 172 Å². The Morgan fingerprint density at radius 2 is 1.68 bits per heavy atom. The molecule has 0 amide bonds. The largest absolute Gasteiger partial charge is 0.438 e. The quantitative estimate of drug-likeness (QED) is 0.219. The van der Waals surface area contributed by atoms with Crippen molar-refractivity contribution >= 4 is 38.7 Å². The maximum Gasteiger partial charge on any atom is 0.0777 e. The van der Waals surface area contributed by atoms with Crippen molar-refractivity contribution in [2.24, 2.45) is 21.8 Å². The van der Waals surface area contributed by atoms with Crippen molar-refractivity contribution in [1.29, 1.82) is 0 Å². The monoisotopic (exact) mass is 843 g/mol. The Hall–Kier alpha value is -5.26. The van der Waals surface area contributed by atoms with Crippen LogP contribution in [0.4, 0.5) is 0 Å². The van der Waals surface area contributed by atoms with E-state index in [1.807, 2.05) is 0 Å². The van der Waals surface area contributed by atoms with Crippen molar-refractivity contribution in [3.8, 4) is 0 Å². The molecule has 1 fully saturated rings. The summed E-state index contributed by atoms with van der Waals surface area (Å²) in [5.74, 6) is 3.73. The van der Waals surface area contributed by atoms with E-state index in [2.05, 4.69) is 157 Å². The van der Waals surface area contributed by atoms with Crippen LogP contribution < -0.4 is 0 Å². The molecule has 2 aliphatic heterocycles. The fourth-order valence-corrected chi connectivity index (χ4v) is 13.9. The van der Waals surface area contributed by atoms with E-state index in [0.29, 0.717) is 35.8 Å². The van der Waals surface area contributed by atoms with Gasteiger partial charge >= 0.3 is 0 Å². The van der Waals surface area contributed by atoms with Crippen molar-refractivity contribution in [2.45, 2.75) is 126 Å². The minimum atomic E-state index is -0.207. The van der Waals surface area contributed by atoms with Crippen molar-refractivity contribution in [2.75, 3.05) is 0 Å². The predicted molar refractivity (Wildman–Crippen MR) is 266 cm³/mol. The normalized spacial score (nSPS) is 31.0. The minimum Gasteiger partial charge on any atom is -0.438 e. The minimum absolute atomic E-state index is 0.162. The lowest BCUT2D eigenvalue weighted by Crippen LogP contribution is -2.41. The van der Waals surface area contributed by atoms with Gasteiger partial charge in [0, 0.05) is 44.9 Å². The maximum atomic E-state index is 5.58. The molecule has 12 rings (SSSR count). The molecule has 9 aliphatic rings. The van der Waals surface area contributed by atoms with Gasteiger partial charge in [-0.1, -0.05) is 145 Å². The molecule has 0 spiro atoms. The molecule has 63 heavy (non-hydrogen) atoms. The van der Waals surface area contributed by atoms with E-state index >= 15 is 0 Å². The first-order chi connectivity index (χ1) is 31.2. The molecule has 2 aromatic carbocycles. The van der Waals surface area contributed by atoms with E-state index in [4.69, 9.17) is 15.3 Å². The highest BCUT2D eigenvalue weighted by atomic mass is 32.1. The number of amidine groups is 2. The van der Waals surface area contributed by atoms with Crippen molar-refractivity contribution in [3.63, 3.8) is 0 Å². The Kier molecular flexibility index (Phi) is 10.4. The number of allylic oxidation sites excluding steroid dienone is 13. The van der Waals surface area contributed by atoms with Crippen LogP contribution in [-0.2, 0) is 0 Å². The highest BCUT2D eigenvalue weighted by molar-refractivity contribution is 7.19. The van der Waals surface area contributed by atoms with Gasteiger partial charge in [0.2, 0.25) is 0 Å². The molecule has 0 radical (unpaired) electrons. The number of likely N-dealkylation sites (tertiary alicyclic amines) is 1. The number of fused-ring (bicyclic) bond motifs is 7. The first kappa shape index (κ1) is 39.3. The van der Waals surface area contributed by atoms with Gasteiger partial charge in [-0.25, -0.2) is 0 Å². The Balaban J connectivity index is 1.01. The van der Waals surface area contributed by atoms with Crippen LogP contribution in [0.2, 0.25) is 0 Å². The summed E-state index contributed by atoms with van der Waals surface area (Å²) in [6.07, 6.45) is 47.6. The summed E-state index contributed by atoms with van der Waals surface area (Å²) in [7, 11) is 0. The molecule has 318 valence electrons. The molecule has 0 N–H and O–H groups in total. The Morgan fingerprint density at radius 3 is 2.52 bits per heavy atom. The molecule has 7 aliphatic carbocycles. The molecule has 4 nitrogen and oxygen atoms in total. The van der Waals surface area contributed by atoms with E-state index in [9.17, 15) is 0 Å². The summed E-state index contributed by atoms with van der Waals surface area (Å²) in [4.78, 5) is 15.3. The molecule has 1 saturated heterocycles. The summed E-state index contributed by atoms with van der Waals surface area (Å²) in [5, 5.41) is 7.05. The van der Waals surface area contributed by atoms with Crippen LogP contribution in [0.25, 0.3) is 21.0 Å². The number of benzene rings is 2. The van der Waals surface area contributed by atoms with E-state index in [1.165, 1.54) is 74.9 Å². The topological polar surface area (TPSA) is 42.1 Å². The first-order valence-corrected chi connectivity index (χ1v) is 25.1. The second-order valence-electron chi connectivity index (χ2n) is 19.4. The molecular weight excluding hydrogens is 785 g/mol. The highest BCUT2D eigenvalue weighted by Crippen LogP contribution is 2.59. The number of nitrogens with zero attached hydrogens (tertiary/aromatic N) is 4. The van der Waals surface area contributed by atoms with Crippen molar-refractivity contribution < 1.29 is 0 Å². The van der Waals surface area contributed by atoms with Crippen LogP contribution in [0, 0.1) is 11.8 Å². The maximum absolute atomic E-state index is 5.58. The van der Waals surface area contributed by atoms with Gasteiger partial charge in [-0.3, -0.25) is 4.99 Å². The van der Waals surface area contributed by atoms with Crippen LogP contribution >= 0.6 is 11.3 Å². The molecule has 5 heteroatoms. The van der Waals surface area contributed by atoms with Gasteiger partial charge in [-0.2, -0.15) is 0 Å². The molecule has 0 bridgehead atoms. The van der Waals surface area contributed by atoms with E-state index in [-0.39, 0.29) is 12.1 Å². The fraction of sp³-hybridized carbons (Fsp3) is 0.379. The van der Waals surface area contributed by atoms with Crippen molar-refractivity contribution in [3.05, 3.63) is 188 Å². The number of hydrogen-bond acceptors (Lipinski definition) is 4. The Morgan fingerprint density at radius 1 is 0.794 bits per heavy atom. The Labute approximate surface area is 378 Å². The van der Waals surface area contributed by atoms with E-state index in [0.717, 1.165) is 69.5 Å². The lowest BCUT2D eigenvalue weighted by atomic mass is 9.72. The predicted octanol–water partition coefficient (Wildman–Crippen LogP) is 15.0. The summed E-state index contributed by atoms with van der Waals surface area (Å²) in [6, 6.07) is 19.7. The second-order valence-corrected chi connectivity index (χ2v) is 20.5. The molecule has 8 unspecified atom stereocenters. The molecule has 3 heterocycles. The second kappa shape index (κ2) is 16.7. The average Bonchev–Trinajstić information content (AvgIpc) is 3.90. The van der Waals surface area contributed by atoms with Crippen LogP contribution in [0.3, 0.4) is 0 Å². The molecule has 1 aromatic heterocycles.